The van der Waals surface area contributed by atoms with Crippen LogP contribution in [-0.4, -0.2) is 29.8 Å². The first-order chi connectivity index (χ1) is 13.6. The van der Waals surface area contributed by atoms with Gasteiger partial charge < -0.3 is 14.6 Å². The van der Waals surface area contributed by atoms with E-state index in [1.807, 2.05) is 68.4 Å². The molecule has 0 aliphatic rings. The molecule has 0 bridgehead atoms. The second-order valence-electron chi connectivity index (χ2n) is 6.81. The van der Waals surface area contributed by atoms with Gasteiger partial charge in [-0.2, -0.15) is 0 Å². The minimum atomic E-state index is -0.185. The predicted octanol–water partition coefficient (Wildman–Crippen LogP) is 4.88. The van der Waals surface area contributed by atoms with Crippen molar-refractivity contribution in [2.45, 2.75) is 33.1 Å². The largest absolute Gasteiger partial charge is 0.449 e. The van der Waals surface area contributed by atoms with Gasteiger partial charge in [0.2, 0.25) is 11.7 Å². The van der Waals surface area contributed by atoms with Gasteiger partial charge in [0.25, 0.3) is 5.91 Å². The van der Waals surface area contributed by atoms with Crippen molar-refractivity contribution in [2.75, 3.05) is 18.4 Å². The van der Waals surface area contributed by atoms with Crippen LogP contribution in [0.2, 0.25) is 0 Å². The summed E-state index contributed by atoms with van der Waals surface area (Å²) in [5.74, 6) is -0.163. The zero-order valence-electron chi connectivity index (χ0n) is 16.4. The molecule has 5 nitrogen and oxygen atoms in total. The van der Waals surface area contributed by atoms with Crippen LogP contribution in [0.4, 0.5) is 5.69 Å². The zero-order chi connectivity index (χ0) is 19.9. The number of carbonyl (C=O) groups excluding carboxylic acids is 2. The summed E-state index contributed by atoms with van der Waals surface area (Å²) in [5, 5.41) is 3.66. The number of benzene rings is 2. The Labute approximate surface area is 165 Å². The average molecular weight is 378 g/mol. The van der Waals surface area contributed by atoms with Crippen molar-refractivity contribution in [1.82, 2.24) is 4.90 Å². The summed E-state index contributed by atoms with van der Waals surface area (Å²) in [5.41, 5.74) is 1.96. The molecular formula is C23H26N2O3. The van der Waals surface area contributed by atoms with Crippen molar-refractivity contribution < 1.29 is 14.0 Å². The van der Waals surface area contributed by atoms with Crippen LogP contribution in [0.5, 0.6) is 0 Å². The Balaban J connectivity index is 1.92. The smallest absolute Gasteiger partial charge is 0.291 e. The molecule has 0 unspecified atom stereocenters. The zero-order valence-corrected chi connectivity index (χ0v) is 16.4. The Bertz CT molecular complexity index is 941. The fourth-order valence-electron chi connectivity index (χ4n) is 3.28. The summed E-state index contributed by atoms with van der Waals surface area (Å²) in [6, 6.07) is 16.9. The Morgan fingerprint density at radius 1 is 0.929 bits per heavy atom. The van der Waals surface area contributed by atoms with Gasteiger partial charge in [0.05, 0.1) is 6.42 Å². The van der Waals surface area contributed by atoms with E-state index >= 15 is 0 Å². The van der Waals surface area contributed by atoms with E-state index in [4.69, 9.17) is 4.42 Å². The monoisotopic (exact) mass is 378 g/mol. The summed E-state index contributed by atoms with van der Waals surface area (Å²) >= 11 is 0. The first kappa shape index (κ1) is 19.7. The Hall–Kier alpha value is -3.08. The Kier molecular flexibility index (Phi) is 6.48. The normalized spacial score (nSPS) is 10.8. The van der Waals surface area contributed by atoms with E-state index < -0.39 is 0 Å². The van der Waals surface area contributed by atoms with E-state index in [1.165, 1.54) is 0 Å². The lowest BCUT2D eigenvalue weighted by atomic mass is 10.1. The average Bonchev–Trinajstić information content (AvgIpc) is 3.06. The van der Waals surface area contributed by atoms with Crippen molar-refractivity contribution >= 4 is 28.5 Å². The minimum Gasteiger partial charge on any atom is -0.449 e. The number of furan rings is 1. The van der Waals surface area contributed by atoms with Gasteiger partial charge in [-0.05, 0) is 30.5 Å². The number of para-hydroxylation sites is 1. The summed E-state index contributed by atoms with van der Waals surface area (Å²) in [6.07, 6.45) is 1.96. The first-order valence-corrected chi connectivity index (χ1v) is 9.78. The van der Waals surface area contributed by atoms with Gasteiger partial charge in [-0.25, -0.2) is 0 Å². The summed E-state index contributed by atoms with van der Waals surface area (Å²) in [4.78, 5) is 27.6. The minimum absolute atomic E-state index is 0.177. The third kappa shape index (κ3) is 4.42. The molecule has 0 aliphatic carbocycles. The molecule has 5 heteroatoms. The fourth-order valence-corrected chi connectivity index (χ4v) is 3.28. The fraction of sp³-hybridized carbons (Fsp3) is 0.304. The van der Waals surface area contributed by atoms with Crippen LogP contribution in [0.1, 0.15) is 42.8 Å². The lowest BCUT2D eigenvalue weighted by Gasteiger charge is -2.20. The number of hydrogen-bond acceptors (Lipinski definition) is 3. The summed E-state index contributed by atoms with van der Waals surface area (Å²) in [7, 11) is 0. The molecule has 3 aromatic rings. The topological polar surface area (TPSA) is 62.6 Å². The molecule has 0 fully saturated rings. The van der Waals surface area contributed by atoms with Crippen molar-refractivity contribution in [2.24, 2.45) is 0 Å². The highest BCUT2D eigenvalue weighted by atomic mass is 16.3. The highest BCUT2D eigenvalue weighted by molar-refractivity contribution is 6.11. The number of anilines is 1. The van der Waals surface area contributed by atoms with Crippen LogP contribution in [-0.2, 0) is 11.2 Å². The second-order valence-corrected chi connectivity index (χ2v) is 6.81. The van der Waals surface area contributed by atoms with Crippen LogP contribution in [0.25, 0.3) is 11.0 Å². The first-order valence-electron chi connectivity index (χ1n) is 9.78. The van der Waals surface area contributed by atoms with Crippen LogP contribution in [0, 0.1) is 0 Å². The van der Waals surface area contributed by atoms with E-state index in [0.29, 0.717) is 24.4 Å². The molecule has 0 saturated carbocycles. The van der Waals surface area contributed by atoms with E-state index in [2.05, 4.69) is 5.32 Å². The predicted molar refractivity (Wildman–Crippen MR) is 111 cm³/mol. The van der Waals surface area contributed by atoms with Gasteiger partial charge in [0.1, 0.15) is 11.3 Å². The van der Waals surface area contributed by atoms with E-state index in [0.717, 1.165) is 23.8 Å². The number of nitrogens with zero attached hydrogens (tertiary/aromatic N) is 1. The van der Waals surface area contributed by atoms with Gasteiger partial charge >= 0.3 is 0 Å². The van der Waals surface area contributed by atoms with Crippen molar-refractivity contribution in [3.05, 3.63) is 65.9 Å². The summed E-state index contributed by atoms with van der Waals surface area (Å²) in [6.45, 7) is 5.39. The molecule has 1 N–H and O–H groups in total. The Morgan fingerprint density at radius 2 is 1.57 bits per heavy atom. The lowest BCUT2D eigenvalue weighted by molar-refractivity contribution is -0.115. The van der Waals surface area contributed by atoms with E-state index in [9.17, 15) is 9.59 Å². The number of amides is 2. The molecule has 2 aromatic carbocycles. The third-order valence-corrected chi connectivity index (χ3v) is 4.54. The van der Waals surface area contributed by atoms with E-state index in [-0.39, 0.29) is 24.0 Å². The third-order valence-electron chi connectivity index (χ3n) is 4.54. The van der Waals surface area contributed by atoms with Crippen molar-refractivity contribution in [3.8, 4) is 0 Å². The number of carbonyl (C=O) groups is 2. The molecule has 0 saturated heterocycles. The standard InChI is InChI=1S/C23H26N2O3/c1-3-14-25(15-4-2)23(27)22-21(18-12-8-9-13-19(18)28-22)24-20(26)16-17-10-6-5-7-11-17/h5-13H,3-4,14-16H2,1-2H3,(H,24,26). The van der Waals surface area contributed by atoms with Gasteiger partial charge in [0, 0.05) is 18.5 Å². The molecule has 0 aliphatic heterocycles. The van der Waals surface area contributed by atoms with Crippen LogP contribution in [0.15, 0.2) is 59.0 Å². The lowest BCUT2D eigenvalue weighted by Crippen LogP contribution is -2.33. The van der Waals surface area contributed by atoms with Gasteiger partial charge in [-0.15, -0.1) is 0 Å². The molecule has 28 heavy (non-hydrogen) atoms. The number of nitrogens with one attached hydrogen (secondary N) is 1. The highest BCUT2D eigenvalue weighted by Crippen LogP contribution is 2.32. The van der Waals surface area contributed by atoms with Crippen LogP contribution in [0.3, 0.4) is 0 Å². The molecule has 0 spiro atoms. The molecule has 146 valence electrons. The van der Waals surface area contributed by atoms with Crippen molar-refractivity contribution in [1.29, 1.82) is 0 Å². The molecule has 0 radical (unpaired) electrons. The number of hydrogen-bond donors (Lipinski definition) is 1. The van der Waals surface area contributed by atoms with Crippen LogP contribution < -0.4 is 5.32 Å². The molecule has 1 heterocycles. The number of rotatable bonds is 8. The maximum absolute atomic E-state index is 13.1. The molecule has 1 aromatic heterocycles. The molecular weight excluding hydrogens is 352 g/mol. The van der Waals surface area contributed by atoms with Gasteiger partial charge in [0.15, 0.2) is 0 Å². The maximum atomic E-state index is 13.1. The number of fused-ring (bicyclic) bond motifs is 1. The SMILES string of the molecule is CCCN(CCC)C(=O)c1oc2ccccc2c1NC(=O)Cc1ccccc1. The molecule has 2 amide bonds. The van der Waals surface area contributed by atoms with Gasteiger partial charge in [-0.1, -0.05) is 56.3 Å². The molecule has 0 atom stereocenters. The van der Waals surface area contributed by atoms with Gasteiger partial charge in [-0.3, -0.25) is 9.59 Å². The Morgan fingerprint density at radius 3 is 2.25 bits per heavy atom. The second kappa shape index (κ2) is 9.22. The summed E-state index contributed by atoms with van der Waals surface area (Å²) < 4.78 is 5.88. The van der Waals surface area contributed by atoms with E-state index in [1.54, 1.807) is 4.90 Å². The van der Waals surface area contributed by atoms with Crippen molar-refractivity contribution in [3.63, 3.8) is 0 Å². The highest BCUT2D eigenvalue weighted by Gasteiger charge is 2.25. The van der Waals surface area contributed by atoms with Crippen LogP contribution >= 0.6 is 0 Å². The maximum Gasteiger partial charge on any atom is 0.291 e. The quantitative estimate of drug-likeness (QED) is 0.608. The molecule has 3 rings (SSSR count).